The molecule has 7 rings (SSSR count). The molecule has 31 heavy (non-hydrogen) atoms. The highest BCUT2D eigenvalue weighted by molar-refractivity contribution is 5.93. The van der Waals surface area contributed by atoms with Gasteiger partial charge in [0.2, 0.25) is 0 Å². The van der Waals surface area contributed by atoms with Crippen molar-refractivity contribution in [3.8, 4) is 22.6 Å². The van der Waals surface area contributed by atoms with Crippen molar-refractivity contribution in [2.75, 3.05) is 0 Å². The number of benzene rings is 1. The van der Waals surface area contributed by atoms with E-state index in [0.29, 0.717) is 11.7 Å². The topological polar surface area (TPSA) is 84.6 Å². The Morgan fingerprint density at radius 2 is 1.97 bits per heavy atom. The summed E-state index contributed by atoms with van der Waals surface area (Å²) in [6.07, 6.45) is 12.0. The first-order chi connectivity index (χ1) is 15.3. The second kappa shape index (κ2) is 6.18. The Morgan fingerprint density at radius 3 is 2.90 bits per heavy atom. The van der Waals surface area contributed by atoms with E-state index >= 15 is 0 Å². The van der Waals surface area contributed by atoms with Crippen LogP contribution < -0.4 is 0 Å². The average molecular weight is 403 g/mol. The van der Waals surface area contributed by atoms with Crippen LogP contribution in [0.2, 0.25) is 0 Å². The molecule has 0 amide bonds. The van der Waals surface area contributed by atoms with Gasteiger partial charge >= 0.3 is 0 Å². The molecule has 0 atom stereocenters. The fourth-order valence-electron chi connectivity index (χ4n) is 4.19. The van der Waals surface area contributed by atoms with Crippen molar-refractivity contribution < 1.29 is 0 Å². The van der Waals surface area contributed by atoms with Gasteiger partial charge in [-0.2, -0.15) is 5.10 Å². The van der Waals surface area contributed by atoms with E-state index in [-0.39, 0.29) is 0 Å². The minimum absolute atomic E-state index is 0.603. The maximum atomic E-state index is 4.92. The number of aromatic amines is 1. The quantitative estimate of drug-likeness (QED) is 0.460. The molecule has 0 unspecified atom stereocenters. The van der Waals surface area contributed by atoms with E-state index in [2.05, 4.69) is 26.1 Å². The maximum Gasteiger partial charge on any atom is 0.161 e. The lowest BCUT2D eigenvalue weighted by Crippen LogP contribution is -1.93. The predicted octanol–water partition coefficient (Wildman–Crippen LogP) is 4.76. The molecule has 1 aliphatic carbocycles. The van der Waals surface area contributed by atoms with Gasteiger partial charge in [0, 0.05) is 52.3 Å². The van der Waals surface area contributed by atoms with Crippen LogP contribution in [0.4, 0.5) is 0 Å². The van der Waals surface area contributed by atoms with Crippen molar-refractivity contribution in [3.05, 3.63) is 72.9 Å². The lowest BCUT2D eigenvalue weighted by molar-refractivity contribution is 0.941. The van der Waals surface area contributed by atoms with Crippen molar-refractivity contribution in [1.82, 2.24) is 34.5 Å². The summed E-state index contributed by atoms with van der Waals surface area (Å²) < 4.78 is 1.86. The normalized spacial score (nSPS) is 14.1. The van der Waals surface area contributed by atoms with E-state index in [1.54, 1.807) is 6.20 Å². The Labute approximate surface area is 176 Å². The number of nitrogens with one attached hydrogen (secondary N) is 1. The summed E-state index contributed by atoms with van der Waals surface area (Å²) in [5.41, 5.74) is 6.79. The Bertz CT molecular complexity index is 1610. The van der Waals surface area contributed by atoms with Crippen LogP contribution >= 0.6 is 0 Å². The Morgan fingerprint density at radius 1 is 1.00 bits per heavy atom. The molecule has 7 heteroatoms. The van der Waals surface area contributed by atoms with Gasteiger partial charge in [0.15, 0.2) is 11.5 Å². The summed E-state index contributed by atoms with van der Waals surface area (Å²) in [5, 5.41) is 6.47. The minimum atomic E-state index is 0.603. The third-order valence-corrected chi connectivity index (χ3v) is 5.98. The smallest absolute Gasteiger partial charge is 0.161 e. The predicted molar refractivity (Wildman–Crippen MR) is 119 cm³/mol. The molecule has 5 aromatic heterocycles. The summed E-state index contributed by atoms with van der Waals surface area (Å²) in [4.78, 5) is 22.0. The van der Waals surface area contributed by atoms with Gasteiger partial charge in [0.25, 0.3) is 0 Å². The summed E-state index contributed by atoms with van der Waals surface area (Å²) in [6, 6.07) is 12.1. The third-order valence-electron chi connectivity index (χ3n) is 5.98. The van der Waals surface area contributed by atoms with Crippen LogP contribution in [-0.2, 0) is 0 Å². The first kappa shape index (κ1) is 16.6. The number of H-pyrrole nitrogens is 1. The van der Waals surface area contributed by atoms with Crippen LogP contribution in [0.25, 0.3) is 50.2 Å². The molecule has 1 saturated carbocycles. The van der Waals surface area contributed by atoms with Crippen LogP contribution in [0, 0.1) is 0 Å². The van der Waals surface area contributed by atoms with E-state index < -0.39 is 0 Å². The monoisotopic (exact) mass is 403 g/mol. The zero-order valence-corrected chi connectivity index (χ0v) is 16.5. The number of pyridine rings is 1. The molecule has 1 aromatic carbocycles. The van der Waals surface area contributed by atoms with Crippen LogP contribution in [-0.4, -0.2) is 34.5 Å². The van der Waals surface area contributed by atoms with Gasteiger partial charge in [-0.1, -0.05) is 6.07 Å². The SMILES string of the molecule is c1cnc2ccc(-c3ncc4c(-c5ccn6ncc(C7CC7)c6n5)c[nH]c4n3)cc2c1. The van der Waals surface area contributed by atoms with Gasteiger partial charge in [-0.05, 0) is 49.1 Å². The number of aromatic nitrogens is 7. The lowest BCUT2D eigenvalue weighted by Gasteiger charge is -2.04. The van der Waals surface area contributed by atoms with Crippen molar-refractivity contribution in [1.29, 1.82) is 0 Å². The summed E-state index contributed by atoms with van der Waals surface area (Å²) in [7, 11) is 0. The van der Waals surface area contributed by atoms with Crippen LogP contribution in [0.1, 0.15) is 24.3 Å². The van der Waals surface area contributed by atoms with Crippen molar-refractivity contribution in [3.63, 3.8) is 0 Å². The van der Waals surface area contributed by atoms with Gasteiger partial charge in [-0.25, -0.2) is 19.5 Å². The number of hydrogen-bond acceptors (Lipinski definition) is 5. The number of fused-ring (bicyclic) bond motifs is 3. The average Bonchev–Trinajstić information content (AvgIpc) is 3.43. The van der Waals surface area contributed by atoms with Gasteiger partial charge < -0.3 is 4.98 Å². The molecular weight excluding hydrogens is 386 g/mol. The zero-order chi connectivity index (χ0) is 20.4. The summed E-state index contributed by atoms with van der Waals surface area (Å²) in [6.45, 7) is 0. The number of rotatable bonds is 3. The molecule has 6 aromatic rings. The van der Waals surface area contributed by atoms with Crippen molar-refractivity contribution in [2.24, 2.45) is 0 Å². The Balaban J connectivity index is 1.32. The highest BCUT2D eigenvalue weighted by Crippen LogP contribution is 2.41. The highest BCUT2D eigenvalue weighted by atomic mass is 15.2. The first-order valence-electron chi connectivity index (χ1n) is 10.4. The molecule has 1 aliphatic rings. The summed E-state index contributed by atoms with van der Waals surface area (Å²) in [5.74, 6) is 1.29. The molecule has 148 valence electrons. The van der Waals surface area contributed by atoms with Gasteiger partial charge in [0.1, 0.15) is 5.65 Å². The molecule has 1 fully saturated rings. The first-order valence-corrected chi connectivity index (χ1v) is 10.4. The fourth-order valence-corrected chi connectivity index (χ4v) is 4.19. The molecule has 0 spiro atoms. The second-order valence-corrected chi connectivity index (χ2v) is 8.02. The number of hydrogen-bond donors (Lipinski definition) is 1. The standard InChI is InChI=1S/C24H17N7/c1-2-15-10-16(5-6-20(15)25-8-1)22-26-12-19-18(11-27-23(19)30-22)21-7-9-31-24(29-21)17(13-28-31)14-3-4-14/h1-2,5-14H,3-4H2,(H,26,27,30). The molecule has 5 heterocycles. The van der Waals surface area contributed by atoms with Gasteiger partial charge in [-0.15, -0.1) is 0 Å². The molecule has 0 aliphatic heterocycles. The molecule has 0 bridgehead atoms. The van der Waals surface area contributed by atoms with Crippen LogP contribution in [0.15, 0.2) is 67.4 Å². The van der Waals surface area contributed by atoms with E-state index in [4.69, 9.17) is 9.97 Å². The molecule has 7 nitrogen and oxygen atoms in total. The van der Waals surface area contributed by atoms with Gasteiger partial charge in [0.05, 0.1) is 17.4 Å². The number of nitrogens with zero attached hydrogens (tertiary/aromatic N) is 6. The zero-order valence-electron chi connectivity index (χ0n) is 16.5. The van der Waals surface area contributed by atoms with E-state index in [1.807, 2.05) is 59.6 Å². The molecule has 0 radical (unpaired) electrons. The largest absolute Gasteiger partial charge is 0.345 e. The highest BCUT2D eigenvalue weighted by Gasteiger charge is 2.27. The molecule has 0 saturated heterocycles. The van der Waals surface area contributed by atoms with Crippen molar-refractivity contribution in [2.45, 2.75) is 18.8 Å². The van der Waals surface area contributed by atoms with Crippen LogP contribution in [0.5, 0.6) is 0 Å². The van der Waals surface area contributed by atoms with E-state index in [0.717, 1.165) is 44.4 Å². The van der Waals surface area contributed by atoms with Crippen LogP contribution in [0.3, 0.4) is 0 Å². The second-order valence-electron chi connectivity index (χ2n) is 8.02. The Kier molecular flexibility index (Phi) is 3.32. The van der Waals surface area contributed by atoms with Gasteiger partial charge in [-0.3, -0.25) is 4.98 Å². The molecule has 1 N–H and O–H groups in total. The third kappa shape index (κ3) is 2.63. The Hall–Kier alpha value is -4.13. The lowest BCUT2D eigenvalue weighted by atomic mass is 10.1. The fraction of sp³-hybridized carbons (Fsp3) is 0.125. The summed E-state index contributed by atoms with van der Waals surface area (Å²) >= 11 is 0. The minimum Gasteiger partial charge on any atom is -0.345 e. The van der Waals surface area contributed by atoms with E-state index in [1.165, 1.54) is 18.4 Å². The van der Waals surface area contributed by atoms with Crippen molar-refractivity contribution >= 4 is 27.6 Å². The van der Waals surface area contributed by atoms with E-state index in [9.17, 15) is 0 Å². The maximum absolute atomic E-state index is 4.92. The molecular formula is C24H17N7.